The van der Waals surface area contributed by atoms with Crippen molar-refractivity contribution < 1.29 is 13.2 Å². The van der Waals surface area contributed by atoms with Crippen LogP contribution in [0.25, 0.3) is 0 Å². The molecular weight excluding hydrogens is 338 g/mol. The summed E-state index contributed by atoms with van der Waals surface area (Å²) in [5.41, 5.74) is 0.519. The van der Waals surface area contributed by atoms with Gasteiger partial charge in [0.1, 0.15) is 11.9 Å². The van der Waals surface area contributed by atoms with E-state index in [0.29, 0.717) is 24.6 Å². The van der Waals surface area contributed by atoms with Gasteiger partial charge in [-0.2, -0.15) is 0 Å². The molecule has 1 amide bonds. The van der Waals surface area contributed by atoms with E-state index in [-0.39, 0.29) is 16.6 Å². The summed E-state index contributed by atoms with van der Waals surface area (Å²) in [5, 5.41) is 0. The number of nitrogens with zero attached hydrogens (tertiary/aromatic N) is 2. The summed E-state index contributed by atoms with van der Waals surface area (Å²) in [5.74, 6) is 0.634. The van der Waals surface area contributed by atoms with Crippen LogP contribution in [0.3, 0.4) is 0 Å². The summed E-state index contributed by atoms with van der Waals surface area (Å²) in [6.45, 7) is 9.24. The second-order valence-electron chi connectivity index (χ2n) is 6.31. The van der Waals surface area contributed by atoms with Crippen molar-refractivity contribution in [3.05, 3.63) is 29.8 Å². The first-order valence-corrected chi connectivity index (χ1v) is 10.3. The van der Waals surface area contributed by atoms with Gasteiger partial charge in [-0.15, -0.1) is 0 Å². The van der Waals surface area contributed by atoms with Gasteiger partial charge in [-0.1, -0.05) is 38.8 Å². The molecule has 0 fully saturated rings. The van der Waals surface area contributed by atoms with Gasteiger partial charge in [-0.05, 0) is 31.9 Å². The van der Waals surface area contributed by atoms with E-state index in [1.165, 1.54) is 6.07 Å². The predicted molar refractivity (Wildman–Crippen MR) is 99.1 cm³/mol. The SMILES string of the molecule is CCC(CC)CN(CC)C(=O)[C@H](C)N=C1NS(=O)(=O)c2ccccc21. The molecule has 7 heteroatoms. The number of carbonyl (C=O) groups excluding carboxylic acids is 1. The highest BCUT2D eigenvalue weighted by molar-refractivity contribution is 7.90. The molecule has 1 aliphatic rings. The molecule has 1 N–H and O–H groups in total. The van der Waals surface area contributed by atoms with Crippen molar-refractivity contribution in [2.24, 2.45) is 10.9 Å². The smallest absolute Gasteiger partial charge is 0.263 e. The normalized spacial score (nSPS) is 18.0. The summed E-state index contributed by atoms with van der Waals surface area (Å²) in [6, 6.07) is 6.03. The Bertz CT molecular complexity index is 755. The van der Waals surface area contributed by atoms with E-state index in [2.05, 4.69) is 23.6 Å². The highest BCUT2D eigenvalue weighted by Gasteiger charge is 2.31. The third kappa shape index (κ3) is 4.21. The molecule has 25 heavy (non-hydrogen) atoms. The van der Waals surface area contributed by atoms with Gasteiger partial charge in [0.15, 0.2) is 0 Å². The Hall–Kier alpha value is -1.89. The van der Waals surface area contributed by atoms with Crippen LogP contribution in [-0.2, 0) is 14.8 Å². The van der Waals surface area contributed by atoms with E-state index in [0.717, 1.165) is 12.8 Å². The topological polar surface area (TPSA) is 78.8 Å². The molecule has 0 saturated heterocycles. The van der Waals surface area contributed by atoms with Gasteiger partial charge >= 0.3 is 0 Å². The summed E-state index contributed by atoms with van der Waals surface area (Å²) < 4.78 is 26.7. The Kier molecular flexibility index (Phi) is 6.21. The number of rotatable bonds is 7. The summed E-state index contributed by atoms with van der Waals surface area (Å²) in [7, 11) is -3.58. The Balaban J connectivity index is 2.22. The molecule has 6 nitrogen and oxygen atoms in total. The number of nitrogens with one attached hydrogen (secondary N) is 1. The van der Waals surface area contributed by atoms with Crippen LogP contribution in [0.15, 0.2) is 34.2 Å². The molecule has 0 saturated carbocycles. The third-order valence-electron chi connectivity index (χ3n) is 4.67. The molecule has 0 aliphatic carbocycles. The van der Waals surface area contributed by atoms with Crippen LogP contribution in [0.2, 0.25) is 0 Å². The number of amidine groups is 1. The zero-order valence-corrected chi connectivity index (χ0v) is 16.1. The Morgan fingerprint density at radius 3 is 2.44 bits per heavy atom. The predicted octanol–water partition coefficient (Wildman–Crippen LogP) is 2.40. The fourth-order valence-corrected chi connectivity index (χ4v) is 4.22. The Morgan fingerprint density at radius 1 is 1.20 bits per heavy atom. The average Bonchev–Trinajstić information content (AvgIpc) is 2.86. The maximum Gasteiger partial charge on any atom is 0.263 e. The standard InChI is InChI=1S/C18H27N3O3S/c1-5-14(6-2)12-21(7-3)18(22)13(4)19-17-15-10-8-9-11-16(15)25(23,24)20-17/h8-11,13-14H,5-7,12H2,1-4H3,(H,19,20)/t13-/m0/s1. The van der Waals surface area contributed by atoms with Gasteiger partial charge < -0.3 is 4.90 Å². The monoisotopic (exact) mass is 365 g/mol. The van der Waals surface area contributed by atoms with E-state index in [9.17, 15) is 13.2 Å². The average molecular weight is 365 g/mol. The van der Waals surface area contributed by atoms with Crippen LogP contribution in [0.5, 0.6) is 0 Å². The number of sulfonamides is 1. The number of amides is 1. The summed E-state index contributed by atoms with van der Waals surface area (Å²) in [4.78, 5) is 19.1. The molecule has 1 aromatic rings. The van der Waals surface area contributed by atoms with Crippen molar-refractivity contribution in [3.63, 3.8) is 0 Å². The first-order valence-electron chi connectivity index (χ1n) is 8.82. The van der Waals surface area contributed by atoms with Gasteiger partial charge in [0.2, 0.25) is 5.91 Å². The van der Waals surface area contributed by atoms with Gasteiger partial charge in [0.25, 0.3) is 10.0 Å². The molecular formula is C18H27N3O3S. The first kappa shape index (κ1) is 19.4. The van der Waals surface area contributed by atoms with Crippen LogP contribution < -0.4 is 4.72 Å². The van der Waals surface area contributed by atoms with E-state index in [1.54, 1.807) is 25.1 Å². The highest BCUT2D eigenvalue weighted by atomic mass is 32.2. The number of hydrogen-bond donors (Lipinski definition) is 1. The molecule has 0 spiro atoms. The van der Waals surface area contributed by atoms with Crippen LogP contribution in [0, 0.1) is 5.92 Å². The molecule has 1 atom stereocenters. The lowest BCUT2D eigenvalue weighted by molar-refractivity contribution is -0.132. The highest BCUT2D eigenvalue weighted by Crippen LogP contribution is 2.22. The number of aliphatic imine (C=N–C) groups is 1. The quantitative estimate of drug-likeness (QED) is 0.806. The maximum absolute atomic E-state index is 12.7. The van der Waals surface area contributed by atoms with Gasteiger partial charge in [-0.25, -0.2) is 8.42 Å². The fourth-order valence-electron chi connectivity index (χ4n) is 2.98. The minimum atomic E-state index is -3.58. The fraction of sp³-hybridized carbons (Fsp3) is 0.556. The second kappa shape index (κ2) is 7.99. The lowest BCUT2D eigenvalue weighted by Crippen LogP contribution is -2.40. The summed E-state index contributed by atoms with van der Waals surface area (Å²) >= 11 is 0. The van der Waals surface area contributed by atoms with Gasteiger partial charge in [-0.3, -0.25) is 14.5 Å². The molecule has 1 aromatic carbocycles. The van der Waals surface area contributed by atoms with Crippen LogP contribution >= 0.6 is 0 Å². The molecule has 0 unspecified atom stereocenters. The maximum atomic E-state index is 12.7. The molecule has 138 valence electrons. The Morgan fingerprint density at radius 2 is 1.84 bits per heavy atom. The van der Waals surface area contributed by atoms with Crippen LogP contribution in [0.1, 0.15) is 46.1 Å². The lowest BCUT2D eigenvalue weighted by atomic mass is 10.0. The first-order chi connectivity index (χ1) is 11.8. The largest absolute Gasteiger partial charge is 0.341 e. The van der Waals surface area contributed by atoms with Crippen molar-refractivity contribution in [3.8, 4) is 0 Å². The minimum absolute atomic E-state index is 0.0783. The van der Waals surface area contributed by atoms with E-state index < -0.39 is 16.1 Å². The van der Waals surface area contributed by atoms with Crippen molar-refractivity contribution in [2.45, 2.75) is 51.5 Å². The summed E-state index contributed by atoms with van der Waals surface area (Å²) in [6.07, 6.45) is 2.05. The van der Waals surface area contributed by atoms with Crippen LogP contribution in [0.4, 0.5) is 0 Å². The lowest BCUT2D eigenvalue weighted by Gasteiger charge is -2.27. The minimum Gasteiger partial charge on any atom is -0.341 e. The third-order valence-corrected chi connectivity index (χ3v) is 6.07. The zero-order chi connectivity index (χ0) is 18.6. The number of likely N-dealkylation sites (N-methyl/N-ethyl adjacent to an activating group) is 1. The Labute approximate surface area is 150 Å². The zero-order valence-electron chi connectivity index (χ0n) is 15.3. The van der Waals surface area contributed by atoms with E-state index >= 15 is 0 Å². The van der Waals surface area contributed by atoms with E-state index in [1.807, 2.05) is 11.8 Å². The molecule has 0 aromatic heterocycles. The van der Waals surface area contributed by atoms with Crippen molar-refractivity contribution >= 4 is 21.8 Å². The van der Waals surface area contributed by atoms with Crippen LogP contribution in [-0.4, -0.2) is 44.2 Å². The van der Waals surface area contributed by atoms with Gasteiger partial charge in [0, 0.05) is 18.7 Å². The number of fused-ring (bicyclic) bond motifs is 1. The number of benzene rings is 1. The molecule has 0 radical (unpaired) electrons. The molecule has 1 aliphatic heterocycles. The molecule has 2 rings (SSSR count). The van der Waals surface area contributed by atoms with Crippen molar-refractivity contribution in [1.29, 1.82) is 0 Å². The number of carbonyl (C=O) groups is 1. The molecule has 0 bridgehead atoms. The van der Waals surface area contributed by atoms with Crippen molar-refractivity contribution in [1.82, 2.24) is 9.62 Å². The van der Waals surface area contributed by atoms with Crippen molar-refractivity contribution in [2.75, 3.05) is 13.1 Å². The van der Waals surface area contributed by atoms with E-state index in [4.69, 9.17) is 0 Å². The molecule has 1 heterocycles. The number of hydrogen-bond acceptors (Lipinski definition) is 4. The van der Waals surface area contributed by atoms with Gasteiger partial charge in [0.05, 0.1) is 4.90 Å². The second-order valence-corrected chi connectivity index (χ2v) is 7.97.